The summed E-state index contributed by atoms with van der Waals surface area (Å²) in [5.41, 5.74) is 2.22. The van der Waals surface area contributed by atoms with E-state index in [0.29, 0.717) is 6.61 Å². The van der Waals surface area contributed by atoms with E-state index in [1.807, 2.05) is 36.4 Å². The molecule has 2 rings (SSSR count). The molecule has 0 saturated carbocycles. The van der Waals surface area contributed by atoms with Crippen LogP contribution in [0.5, 0.6) is 5.48 Å². The van der Waals surface area contributed by atoms with E-state index in [2.05, 4.69) is 17.9 Å². The zero-order valence-electron chi connectivity index (χ0n) is 7.76. The summed E-state index contributed by atoms with van der Waals surface area (Å²) in [6.07, 6.45) is 0. The molecule has 0 aliphatic heterocycles. The van der Waals surface area contributed by atoms with Gasteiger partial charge in [0.1, 0.15) is 12.1 Å². The minimum atomic E-state index is 0.654. The average Bonchev–Trinajstić information content (AvgIpc) is 2.29. The van der Waals surface area contributed by atoms with Gasteiger partial charge in [0.15, 0.2) is 0 Å². The molecular formula is C12H11OP. The highest BCUT2D eigenvalue weighted by atomic mass is 31.0. The minimum absolute atomic E-state index is 0.654. The summed E-state index contributed by atoms with van der Waals surface area (Å²) in [5, 5.41) is 0. The largest absolute Gasteiger partial charge is 0.484 e. The maximum absolute atomic E-state index is 5.64. The van der Waals surface area contributed by atoms with Crippen molar-refractivity contribution in [1.29, 1.82) is 0 Å². The van der Waals surface area contributed by atoms with Gasteiger partial charge in [0.05, 0.1) is 0 Å². The monoisotopic (exact) mass is 202 g/mol. The molecule has 14 heavy (non-hydrogen) atoms. The van der Waals surface area contributed by atoms with Crippen molar-refractivity contribution < 1.29 is 4.74 Å². The van der Waals surface area contributed by atoms with Gasteiger partial charge in [-0.25, -0.2) is 0 Å². The van der Waals surface area contributed by atoms with Crippen molar-refractivity contribution in [2.75, 3.05) is 0 Å². The second-order valence-corrected chi connectivity index (χ2v) is 3.94. The van der Waals surface area contributed by atoms with E-state index in [4.69, 9.17) is 4.74 Å². The van der Waals surface area contributed by atoms with Gasteiger partial charge >= 0.3 is 0 Å². The second kappa shape index (κ2) is 4.78. The van der Waals surface area contributed by atoms with Crippen molar-refractivity contribution in [3.05, 3.63) is 59.9 Å². The molecule has 1 aromatic heterocycles. The van der Waals surface area contributed by atoms with Crippen LogP contribution in [-0.2, 0) is 6.61 Å². The number of rotatable bonds is 3. The molecule has 0 radical (unpaired) electrons. The van der Waals surface area contributed by atoms with Crippen LogP contribution in [0, 0.1) is 0 Å². The van der Waals surface area contributed by atoms with E-state index < -0.39 is 0 Å². The van der Waals surface area contributed by atoms with Gasteiger partial charge in [-0.05, 0) is 25.6 Å². The Balaban J connectivity index is 1.96. The quantitative estimate of drug-likeness (QED) is 0.734. The lowest BCUT2D eigenvalue weighted by Crippen LogP contribution is -1.92. The first kappa shape index (κ1) is 9.23. The summed E-state index contributed by atoms with van der Waals surface area (Å²) in [4.78, 5) is 0. The second-order valence-electron chi connectivity index (χ2n) is 2.94. The Morgan fingerprint density at radius 3 is 2.43 bits per heavy atom. The molecule has 0 bridgehead atoms. The van der Waals surface area contributed by atoms with Crippen molar-refractivity contribution in [1.82, 2.24) is 0 Å². The Morgan fingerprint density at radius 1 is 0.929 bits per heavy atom. The van der Waals surface area contributed by atoms with Gasteiger partial charge in [0.2, 0.25) is 0 Å². The topological polar surface area (TPSA) is 9.23 Å². The molecular weight excluding hydrogens is 191 g/mol. The molecule has 0 fully saturated rings. The number of benzene rings is 1. The first-order valence-electron chi connectivity index (χ1n) is 4.53. The number of ether oxygens (including phenoxy) is 1. The van der Waals surface area contributed by atoms with E-state index in [9.17, 15) is 0 Å². The third kappa shape index (κ3) is 2.58. The smallest absolute Gasteiger partial charge is 0.145 e. The Kier molecular flexibility index (Phi) is 3.15. The van der Waals surface area contributed by atoms with Gasteiger partial charge in [-0.1, -0.05) is 42.5 Å². The molecule has 1 aromatic carbocycles. The van der Waals surface area contributed by atoms with E-state index in [-0.39, 0.29) is 0 Å². The highest BCUT2D eigenvalue weighted by Crippen LogP contribution is 2.22. The molecule has 0 amide bonds. The maximum Gasteiger partial charge on any atom is 0.145 e. The summed E-state index contributed by atoms with van der Waals surface area (Å²) in [6.45, 7) is 0.654. The van der Waals surface area contributed by atoms with E-state index in [0.717, 1.165) is 13.7 Å². The van der Waals surface area contributed by atoms with Crippen molar-refractivity contribution in [2.45, 2.75) is 6.61 Å². The lowest BCUT2D eigenvalue weighted by molar-refractivity contribution is 0.315. The van der Waals surface area contributed by atoms with Crippen LogP contribution in [0.1, 0.15) is 5.56 Å². The minimum Gasteiger partial charge on any atom is -0.484 e. The third-order valence-corrected chi connectivity index (χ3v) is 2.72. The molecule has 2 heteroatoms. The van der Waals surface area contributed by atoms with Crippen LogP contribution in [-0.4, -0.2) is 0 Å². The number of hydrogen-bond donors (Lipinski definition) is 0. The first-order valence-corrected chi connectivity index (χ1v) is 5.49. The van der Waals surface area contributed by atoms with Gasteiger partial charge in [-0.2, -0.15) is 0 Å². The van der Waals surface area contributed by atoms with Crippen LogP contribution >= 0.6 is 8.19 Å². The highest BCUT2D eigenvalue weighted by molar-refractivity contribution is 7.31. The molecule has 0 aliphatic rings. The Labute approximate surface area is 85.5 Å². The van der Waals surface area contributed by atoms with E-state index >= 15 is 0 Å². The Bertz CT molecular complexity index is 333. The van der Waals surface area contributed by atoms with Gasteiger partial charge in [-0.3, -0.25) is 0 Å². The fraction of sp³-hybridized carbons (Fsp3) is 0.0833. The molecule has 0 saturated heterocycles. The predicted molar refractivity (Wildman–Crippen MR) is 59.7 cm³/mol. The van der Waals surface area contributed by atoms with Crippen molar-refractivity contribution in [3.63, 3.8) is 0 Å². The lowest BCUT2D eigenvalue weighted by Gasteiger charge is -2.04. The van der Waals surface area contributed by atoms with Crippen LogP contribution in [0.25, 0.3) is 0 Å². The van der Waals surface area contributed by atoms with Crippen LogP contribution < -0.4 is 4.74 Å². The average molecular weight is 202 g/mol. The first-order chi connectivity index (χ1) is 6.95. The van der Waals surface area contributed by atoms with Gasteiger partial charge in [0, 0.05) is 0 Å². The molecule has 1 heterocycles. The van der Waals surface area contributed by atoms with E-state index in [1.165, 1.54) is 5.56 Å². The number of hydrogen-bond acceptors (Lipinski definition) is 1. The zero-order chi connectivity index (χ0) is 9.64. The molecule has 70 valence electrons. The van der Waals surface area contributed by atoms with Crippen LogP contribution in [0.4, 0.5) is 0 Å². The predicted octanol–water partition coefficient (Wildman–Crippen LogP) is 3.85. The molecule has 0 atom stereocenters. The standard InChI is InChI=1S/C12H11OP/c1-2-6-11(7-3-1)10-13-12-8-4-5-9-14-12/h1-9H,10H2. The molecule has 0 aliphatic carbocycles. The summed E-state index contributed by atoms with van der Waals surface area (Å²) in [5.74, 6) is 2.07. The summed E-state index contributed by atoms with van der Waals surface area (Å²) in [7, 11) is 1.14. The summed E-state index contributed by atoms with van der Waals surface area (Å²) < 4.78 is 5.64. The van der Waals surface area contributed by atoms with Crippen LogP contribution in [0.3, 0.4) is 0 Å². The van der Waals surface area contributed by atoms with E-state index in [1.54, 1.807) is 0 Å². The SMILES string of the molecule is c1ccc(COc2ccccp2)cc1. The van der Waals surface area contributed by atoms with Crippen molar-refractivity contribution in [2.24, 2.45) is 0 Å². The van der Waals surface area contributed by atoms with Crippen LogP contribution in [0.15, 0.2) is 54.3 Å². The fourth-order valence-electron chi connectivity index (χ4n) is 1.16. The molecule has 0 unspecified atom stereocenters. The molecule has 1 nitrogen and oxygen atoms in total. The van der Waals surface area contributed by atoms with Crippen LogP contribution in [0.2, 0.25) is 0 Å². The van der Waals surface area contributed by atoms with Crippen molar-refractivity contribution in [3.8, 4) is 5.48 Å². The van der Waals surface area contributed by atoms with Gasteiger partial charge in [0.25, 0.3) is 0 Å². The summed E-state index contributed by atoms with van der Waals surface area (Å²) in [6, 6.07) is 16.2. The normalized spacial score (nSPS) is 10.3. The lowest BCUT2D eigenvalue weighted by atomic mass is 10.2. The fourth-order valence-corrected chi connectivity index (χ4v) is 1.81. The molecule has 2 aromatic rings. The Morgan fingerprint density at radius 2 is 1.71 bits per heavy atom. The summed E-state index contributed by atoms with van der Waals surface area (Å²) >= 11 is 0. The van der Waals surface area contributed by atoms with Crippen molar-refractivity contribution >= 4 is 8.19 Å². The third-order valence-electron chi connectivity index (χ3n) is 1.87. The molecule has 0 spiro atoms. The highest BCUT2D eigenvalue weighted by Gasteiger charge is 1.93. The maximum atomic E-state index is 5.64. The van der Waals surface area contributed by atoms with Gasteiger partial charge < -0.3 is 4.74 Å². The zero-order valence-corrected chi connectivity index (χ0v) is 8.65. The Hall–Kier alpha value is -1.33. The van der Waals surface area contributed by atoms with Gasteiger partial charge in [-0.15, -0.1) is 0 Å². The molecule has 0 N–H and O–H groups in total.